The standard InChI is InChI=1S/C15H28N2/c1-11-5-6-15(12(2)8-11)17-9-13-4-3-7-16-14(13)10-17/h11-16H,3-10H2,1-2H3/t11?,12?,13-,14+,15?/m0/s1. The molecule has 3 fully saturated rings. The summed E-state index contributed by atoms with van der Waals surface area (Å²) in [4.78, 5) is 2.82. The van der Waals surface area contributed by atoms with Gasteiger partial charge >= 0.3 is 0 Å². The van der Waals surface area contributed by atoms with Gasteiger partial charge in [-0.3, -0.25) is 4.90 Å². The van der Waals surface area contributed by atoms with Crippen LogP contribution in [0.1, 0.15) is 46.0 Å². The number of nitrogens with zero attached hydrogens (tertiary/aromatic N) is 1. The molecular weight excluding hydrogens is 208 g/mol. The molecule has 2 nitrogen and oxygen atoms in total. The molecule has 98 valence electrons. The number of likely N-dealkylation sites (tertiary alicyclic amines) is 1. The molecule has 1 aliphatic carbocycles. The van der Waals surface area contributed by atoms with Gasteiger partial charge in [-0.25, -0.2) is 0 Å². The molecular formula is C15H28N2. The average molecular weight is 236 g/mol. The second kappa shape index (κ2) is 4.89. The van der Waals surface area contributed by atoms with Crippen molar-refractivity contribution >= 4 is 0 Å². The number of hydrogen-bond donors (Lipinski definition) is 1. The predicted octanol–water partition coefficient (Wildman–Crippen LogP) is 2.49. The Morgan fingerprint density at radius 1 is 1.06 bits per heavy atom. The largest absolute Gasteiger partial charge is 0.312 e. The van der Waals surface area contributed by atoms with E-state index in [1.165, 1.54) is 51.7 Å². The van der Waals surface area contributed by atoms with Gasteiger partial charge in [-0.1, -0.05) is 13.8 Å². The van der Waals surface area contributed by atoms with Gasteiger partial charge in [0.25, 0.3) is 0 Å². The number of nitrogens with one attached hydrogen (secondary N) is 1. The third-order valence-corrected chi connectivity index (χ3v) is 5.48. The highest BCUT2D eigenvalue weighted by atomic mass is 15.2. The Morgan fingerprint density at radius 3 is 2.71 bits per heavy atom. The zero-order chi connectivity index (χ0) is 11.8. The van der Waals surface area contributed by atoms with E-state index in [2.05, 4.69) is 24.1 Å². The fourth-order valence-electron chi connectivity index (χ4n) is 4.54. The van der Waals surface area contributed by atoms with E-state index in [4.69, 9.17) is 0 Å². The quantitative estimate of drug-likeness (QED) is 0.752. The molecule has 1 N–H and O–H groups in total. The van der Waals surface area contributed by atoms with Crippen molar-refractivity contribution in [1.29, 1.82) is 0 Å². The molecule has 0 spiro atoms. The van der Waals surface area contributed by atoms with Crippen LogP contribution in [0.4, 0.5) is 0 Å². The third-order valence-electron chi connectivity index (χ3n) is 5.48. The number of piperidine rings is 1. The molecule has 5 atom stereocenters. The average Bonchev–Trinajstić information content (AvgIpc) is 2.72. The van der Waals surface area contributed by atoms with Gasteiger partial charge in [0.15, 0.2) is 0 Å². The summed E-state index contributed by atoms with van der Waals surface area (Å²) >= 11 is 0. The Kier molecular flexibility index (Phi) is 3.45. The number of rotatable bonds is 1. The molecule has 2 aliphatic heterocycles. The lowest BCUT2D eigenvalue weighted by atomic mass is 9.79. The summed E-state index contributed by atoms with van der Waals surface area (Å²) in [7, 11) is 0. The monoisotopic (exact) mass is 236 g/mol. The summed E-state index contributed by atoms with van der Waals surface area (Å²) in [6.07, 6.45) is 7.21. The van der Waals surface area contributed by atoms with E-state index in [0.29, 0.717) is 0 Å². The minimum Gasteiger partial charge on any atom is -0.312 e. The molecule has 3 unspecified atom stereocenters. The molecule has 0 aromatic heterocycles. The molecule has 3 rings (SSSR count). The van der Waals surface area contributed by atoms with Crippen LogP contribution in [-0.2, 0) is 0 Å². The summed E-state index contributed by atoms with van der Waals surface area (Å²) in [6, 6.07) is 1.70. The van der Waals surface area contributed by atoms with Gasteiger partial charge in [-0.2, -0.15) is 0 Å². The smallest absolute Gasteiger partial charge is 0.0235 e. The first-order valence-corrected chi connectivity index (χ1v) is 7.71. The molecule has 2 heterocycles. The highest BCUT2D eigenvalue weighted by molar-refractivity contribution is 4.96. The van der Waals surface area contributed by atoms with Crippen molar-refractivity contribution in [1.82, 2.24) is 10.2 Å². The van der Waals surface area contributed by atoms with Gasteiger partial charge in [0.2, 0.25) is 0 Å². The molecule has 0 radical (unpaired) electrons. The van der Waals surface area contributed by atoms with Crippen LogP contribution in [0.15, 0.2) is 0 Å². The van der Waals surface area contributed by atoms with Crippen LogP contribution in [0.2, 0.25) is 0 Å². The Bertz CT molecular complexity index is 252. The highest BCUT2D eigenvalue weighted by Crippen LogP contribution is 2.35. The molecule has 0 bridgehead atoms. The molecule has 1 saturated carbocycles. The molecule has 0 amide bonds. The summed E-state index contributed by atoms with van der Waals surface area (Å²) in [5, 5.41) is 3.73. The van der Waals surface area contributed by atoms with Crippen molar-refractivity contribution in [2.75, 3.05) is 19.6 Å². The Hall–Kier alpha value is -0.0800. The third kappa shape index (κ3) is 2.39. The van der Waals surface area contributed by atoms with E-state index in [0.717, 1.165) is 29.8 Å². The van der Waals surface area contributed by atoms with E-state index < -0.39 is 0 Å². The fraction of sp³-hybridized carbons (Fsp3) is 1.00. The van der Waals surface area contributed by atoms with Gasteiger partial charge in [0.05, 0.1) is 0 Å². The van der Waals surface area contributed by atoms with Crippen LogP contribution in [0, 0.1) is 17.8 Å². The minimum atomic E-state index is 0.815. The molecule has 3 aliphatic rings. The van der Waals surface area contributed by atoms with E-state index >= 15 is 0 Å². The minimum absolute atomic E-state index is 0.815. The van der Waals surface area contributed by atoms with E-state index in [9.17, 15) is 0 Å². The van der Waals surface area contributed by atoms with Gasteiger partial charge < -0.3 is 5.32 Å². The summed E-state index contributed by atoms with van der Waals surface area (Å²) in [6.45, 7) is 8.87. The van der Waals surface area contributed by atoms with Crippen LogP contribution in [-0.4, -0.2) is 36.6 Å². The lowest BCUT2D eigenvalue weighted by molar-refractivity contribution is 0.111. The van der Waals surface area contributed by atoms with Crippen LogP contribution in [0.25, 0.3) is 0 Å². The summed E-state index contributed by atoms with van der Waals surface area (Å²) < 4.78 is 0. The fourth-order valence-corrected chi connectivity index (χ4v) is 4.54. The maximum absolute atomic E-state index is 3.73. The van der Waals surface area contributed by atoms with Crippen molar-refractivity contribution in [3.63, 3.8) is 0 Å². The van der Waals surface area contributed by atoms with E-state index in [1.807, 2.05) is 0 Å². The van der Waals surface area contributed by atoms with Crippen molar-refractivity contribution < 1.29 is 0 Å². The van der Waals surface area contributed by atoms with E-state index in [1.54, 1.807) is 0 Å². The zero-order valence-corrected chi connectivity index (χ0v) is 11.5. The van der Waals surface area contributed by atoms with Gasteiger partial charge in [-0.15, -0.1) is 0 Å². The van der Waals surface area contributed by atoms with Gasteiger partial charge in [-0.05, 0) is 56.4 Å². The maximum Gasteiger partial charge on any atom is 0.0235 e. The van der Waals surface area contributed by atoms with Crippen LogP contribution in [0.5, 0.6) is 0 Å². The van der Waals surface area contributed by atoms with Crippen molar-refractivity contribution in [3.8, 4) is 0 Å². The van der Waals surface area contributed by atoms with Gasteiger partial charge in [0, 0.05) is 25.2 Å². The van der Waals surface area contributed by atoms with Crippen molar-refractivity contribution in [2.24, 2.45) is 17.8 Å². The number of fused-ring (bicyclic) bond motifs is 1. The summed E-state index contributed by atoms with van der Waals surface area (Å²) in [5.74, 6) is 2.83. The van der Waals surface area contributed by atoms with Crippen LogP contribution < -0.4 is 5.32 Å². The van der Waals surface area contributed by atoms with Gasteiger partial charge in [0.1, 0.15) is 0 Å². The topological polar surface area (TPSA) is 15.3 Å². The predicted molar refractivity (Wildman–Crippen MR) is 72.1 cm³/mol. The molecule has 2 saturated heterocycles. The first-order chi connectivity index (χ1) is 8.24. The Labute approximate surface area is 106 Å². The molecule has 2 heteroatoms. The second-order valence-corrected chi connectivity index (χ2v) is 6.88. The lowest BCUT2D eigenvalue weighted by Crippen LogP contribution is -2.43. The Balaban J connectivity index is 1.61. The van der Waals surface area contributed by atoms with Crippen LogP contribution in [0.3, 0.4) is 0 Å². The second-order valence-electron chi connectivity index (χ2n) is 6.88. The van der Waals surface area contributed by atoms with Crippen LogP contribution >= 0.6 is 0 Å². The SMILES string of the molecule is CC1CCC(N2C[C@@H]3CCCN[C@@H]3C2)C(C)C1. The highest BCUT2D eigenvalue weighted by Gasteiger charge is 2.39. The molecule has 0 aromatic rings. The van der Waals surface area contributed by atoms with E-state index in [-0.39, 0.29) is 0 Å². The zero-order valence-electron chi connectivity index (χ0n) is 11.5. The van der Waals surface area contributed by atoms with Crippen molar-refractivity contribution in [3.05, 3.63) is 0 Å². The molecule has 0 aromatic carbocycles. The first-order valence-electron chi connectivity index (χ1n) is 7.71. The molecule has 17 heavy (non-hydrogen) atoms. The van der Waals surface area contributed by atoms with Crippen molar-refractivity contribution in [2.45, 2.75) is 58.0 Å². The Morgan fingerprint density at radius 2 is 1.94 bits per heavy atom. The lowest BCUT2D eigenvalue weighted by Gasteiger charge is -2.38. The first kappa shape index (κ1) is 12.0. The number of hydrogen-bond acceptors (Lipinski definition) is 2. The summed E-state index contributed by atoms with van der Waals surface area (Å²) in [5.41, 5.74) is 0. The normalized spacial score (nSPS) is 48.0. The maximum atomic E-state index is 3.73.